The van der Waals surface area contributed by atoms with E-state index in [2.05, 4.69) is 0 Å². The molecule has 0 spiro atoms. The number of benzene rings is 1. The zero-order chi connectivity index (χ0) is 17.7. The normalized spacial score (nSPS) is 15.0. The topological polar surface area (TPSA) is 108 Å². The third-order valence-corrected chi connectivity index (χ3v) is 4.25. The van der Waals surface area contributed by atoms with Gasteiger partial charge in [-0.1, -0.05) is 6.42 Å². The molecule has 2 rings (SSSR count). The molecule has 1 aromatic carbocycles. The second-order valence-corrected chi connectivity index (χ2v) is 5.95. The van der Waals surface area contributed by atoms with Crippen LogP contribution in [-0.2, 0) is 4.79 Å². The molecule has 2 atom stereocenters. The fourth-order valence-electron chi connectivity index (χ4n) is 2.55. The number of hydrogen-bond acceptors (Lipinski definition) is 6. The molecule has 0 bridgehead atoms. The van der Waals surface area contributed by atoms with Crippen molar-refractivity contribution in [3.8, 4) is 11.5 Å². The summed E-state index contributed by atoms with van der Waals surface area (Å²) in [5.41, 5.74) is 11.8. The van der Waals surface area contributed by atoms with Gasteiger partial charge in [0.15, 0.2) is 17.3 Å². The molecule has 0 aromatic heterocycles. The molecule has 132 valence electrons. The minimum absolute atomic E-state index is 0.151. The monoisotopic (exact) mass is 335 g/mol. The van der Waals surface area contributed by atoms with E-state index in [-0.39, 0.29) is 18.5 Å². The van der Waals surface area contributed by atoms with Gasteiger partial charge in [0.1, 0.15) is 0 Å². The van der Waals surface area contributed by atoms with Crippen molar-refractivity contribution in [3.05, 3.63) is 23.8 Å². The van der Waals surface area contributed by atoms with E-state index >= 15 is 0 Å². The van der Waals surface area contributed by atoms with E-state index in [4.69, 9.17) is 20.9 Å². The third kappa shape index (κ3) is 4.04. The number of ketones is 1. The Morgan fingerprint density at radius 2 is 1.96 bits per heavy atom. The number of rotatable bonds is 8. The number of hydrogen-bond donors (Lipinski definition) is 2. The van der Waals surface area contributed by atoms with Gasteiger partial charge in [0.25, 0.3) is 0 Å². The molecule has 0 saturated carbocycles. The van der Waals surface area contributed by atoms with Gasteiger partial charge in [-0.05, 0) is 44.5 Å². The molecule has 7 nitrogen and oxygen atoms in total. The fourth-order valence-corrected chi connectivity index (χ4v) is 2.55. The van der Waals surface area contributed by atoms with Crippen molar-refractivity contribution < 1.29 is 19.1 Å². The van der Waals surface area contributed by atoms with Gasteiger partial charge in [0.2, 0.25) is 12.7 Å². The van der Waals surface area contributed by atoms with E-state index < -0.39 is 12.1 Å². The van der Waals surface area contributed by atoms with Crippen molar-refractivity contribution in [2.45, 2.75) is 38.3 Å². The number of ether oxygens (including phenoxy) is 2. The number of Topliss-reactive ketones (excluding diaryl/α,β-unsaturated/α-hetero) is 1. The first-order valence-corrected chi connectivity index (χ1v) is 8.12. The maximum Gasteiger partial charge on any atom is 0.239 e. The minimum Gasteiger partial charge on any atom is -0.454 e. The Morgan fingerprint density at radius 3 is 2.67 bits per heavy atom. The van der Waals surface area contributed by atoms with E-state index in [9.17, 15) is 9.59 Å². The van der Waals surface area contributed by atoms with Crippen LogP contribution in [0.2, 0.25) is 0 Å². The Bertz CT molecular complexity index is 605. The Kier molecular flexibility index (Phi) is 6.16. The highest BCUT2D eigenvalue weighted by Gasteiger charge is 2.27. The molecule has 4 N–H and O–H groups in total. The van der Waals surface area contributed by atoms with Crippen LogP contribution in [0.4, 0.5) is 0 Å². The molecule has 1 aliphatic rings. The van der Waals surface area contributed by atoms with Crippen molar-refractivity contribution >= 4 is 11.7 Å². The molecule has 0 fully saturated rings. The molecule has 0 aliphatic carbocycles. The van der Waals surface area contributed by atoms with Crippen molar-refractivity contribution in [1.82, 2.24) is 4.90 Å². The number of carbonyl (C=O) groups is 2. The van der Waals surface area contributed by atoms with Crippen LogP contribution in [0, 0.1) is 0 Å². The van der Waals surface area contributed by atoms with Gasteiger partial charge in [0, 0.05) is 12.6 Å². The summed E-state index contributed by atoms with van der Waals surface area (Å²) in [6.45, 7) is 2.42. The number of unbranched alkanes of at least 4 members (excludes halogenated alkanes) is 1. The molecule has 1 heterocycles. The van der Waals surface area contributed by atoms with Crippen LogP contribution in [-0.4, -0.2) is 49.1 Å². The lowest BCUT2D eigenvalue weighted by Crippen LogP contribution is -2.48. The second-order valence-electron chi connectivity index (χ2n) is 5.95. The lowest BCUT2D eigenvalue weighted by Gasteiger charge is -2.26. The smallest absolute Gasteiger partial charge is 0.239 e. The van der Waals surface area contributed by atoms with E-state index in [0.29, 0.717) is 30.0 Å². The first-order chi connectivity index (χ1) is 11.5. The molecule has 1 aromatic rings. The van der Waals surface area contributed by atoms with Gasteiger partial charge < -0.3 is 25.8 Å². The maximum atomic E-state index is 12.6. The highest BCUT2D eigenvalue weighted by Crippen LogP contribution is 2.33. The SMILES string of the molecule is CC(C(=O)c1ccc2c(c1)OCO2)N(C)C(=O)[C@@H](N)CCCCN. The molecule has 24 heavy (non-hydrogen) atoms. The summed E-state index contributed by atoms with van der Waals surface area (Å²) in [4.78, 5) is 26.4. The van der Waals surface area contributed by atoms with Crippen LogP contribution in [0.25, 0.3) is 0 Å². The van der Waals surface area contributed by atoms with Gasteiger partial charge in [0.05, 0.1) is 12.1 Å². The molecule has 1 aliphatic heterocycles. The van der Waals surface area contributed by atoms with Crippen LogP contribution in [0.1, 0.15) is 36.5 Å². The summed E-state index contributed by atoms with van der Waals surface area (Å²) in [7, 11) is 1.60. The third-order valence-electron chi connectivity index (χ3n) is 4.25. The van der Waals surface area contributed by atoms with Gasteiger partial charge >= 0.3 is 0 Å². The molecule has 1 unspecified atom stereocenters. The standard InChI is InChI=1S/C17H25N3O4/c1-11(20(2)17(22)13(19)5-3-4-8-18)16(21)12-6-7-14-15(9-12)24-10-23-14/h6-7,9,11,13H,3-5,8,10,18-19H2,1-2H3/t11?,13-/m0/s1. The summed E-state index contributed by atoms with van der Waals surface area (Å²) in [5.74, 6) is 0.748. The number of nitrogens with zero attached hydrogens (tertiary/aromatic N) is 1. The van der Waals surface area contributed by atoms with E-state index in [1.165, 1.54) is 4.90 Å². The highest BCUT2D eigenvalue weighted by atomic mass is 16.7. The average molecular weight is 335 g/mol. The predicted molar refractivity (Wildman–Crippen MR) is 90.0 cm³/mol. The zero-order valence-corrected chi connectivity index (χ0v) is 14.2. The first kappa shape index (κ1) is 18.2. The number of likely N-dealkylation sites (N-methyl/N-ethyl adjacent to an activating group) is 1. The van der Waals surface area contributed by atoms with Crippen LogP contribution < -0.4 is 20.9 Å². The van der Waals surface area contributed by atoms with E-state index in [0.717, 1.165) is 12.8 Å². The highest BCUT2D eigenvalue weighted by molar-refractivity contribution is 6.02. The van der Waals surface area contributed by atoms with Gasteiger partial charge in [-0.2, -0.15) is 0 Å². The Balaban J connectivity index is 2.00. The molecule has 0 radical (unpaired) electrons. The van der Waals surface area contributed by atoms with Crippen LogP contribution >= 0.6 is 0 Å². The summed E-state index contributed by atoms with van der Waals surface area (Å²) >= 11 is 0. The van der Waals surface area contributed by atoms with Crippen LogP contribution in [0.3, 0.4) is 0 Å². The molecule has 0 saturated heterocycles. The number of carbonyl (C=O) groups excluding carboxylic acids is 2. The quantitative estimate of drug-likeness (QED) is 0.540. The van der Waals surface area contributed by atoms with Crippen molar-refractivity contribution in [3.63, 3.8) is 0 Å². The van der Waals surface area contributed by atoms with Crippen molar-refractivity contribution in [1.29, 1.82) is 0 Å². The molecular formula is C17H25N3O4. The average Bonchev–Trinajstić information content (AvgIpc) is 3.06. The lowest BCUT2D eigenvalue weighted by atomic mass is 10.0. The summed E-state index contributed by atoms with van der Waals surface area (Å²) in [6, 6.07) is 3.78. The molecular weight excluding hydrogens is 310 g/mol. The molecule has 7 heteroatoms. The summed E-state index contributed by atoms with van der Waals surface area (Å²) < 4.78 is 10.5. The summed E-state index contributed by atoms with van der Waals surface area (Å²) in [6.07, 6.45) is 2.18. The first-order valence-electron chi connectivity index (χ1n) is 8.12. The lowest BCUT2D eigenvalue weighted by molar-refractivity contribution is -0.132. The summed E-state index contributed by atoms with van der Waals surface area (Å²) in [5, 5.41) is 0. The number of amides is 1. The van der Waals surface area contributed by atoms with Gasteiger partial charge in [-0.3, -0.25) is 9.59 Å². The maximum absolute atomic E-state index is 12.6. The fraction of sp³-hybridized carbons (Fsp3) is 0.529. The Morgan fingerprint density at radius 1 is 1.25 bits per heavy atom. The Labute approximate surface area is 141 Å². The van der Waals surface area contributed by atoms with Crippen molar-refractivity contribution in [2.75, 3.05) is 20.4 Å². The number of nitrogens with two attached hydrogens (primary N) is 2. The van der Waals surface area contributed by atoms with E-state index in [1.54, 1.807) is 32.2 Å². The van der Waals surface area contributed by atoms with Crippen LogP contribution in [0.15, 0.2) is 18.2 Å². The van der Waals surface area contributed by atoms with Gasteiger partial charge in [-0.25, -0.2) is 0 Å². The van der Waals surface area contributed by atoms with E-state index in [1.807, 2.05) is 0 Å². The van der Waals surface area contributed by atoms with Crippen molar-refractivity contribution in [2.24, 2.45) is 11.5 Å². The minimum atomic E-state index is -0.617. The Hall–Kier alpha value is -2.12. The second kappa shape index (κ2) is 8.12. The van der Waals surface area contributed by atoms with Crippen LogP contribution in [0.5, 0.6) is 11.5 Å². The predicted octanol–water partition coefficient (Wildman–Crippen LogP) is 0.901. The zero-order valence-electron chi connectivity index (χ0n) is 14.2. The largest absolute Gasteiger partial charge is 0.454 e. The number of fused-ring (bicyclic) bond motifs is 1. The molecule has 1 amide bonds. The van der Waals surface area contributed by atoms with Gasteiger partial charge in [-0.15, -0.1) is 0 Å².